The van der Waals surface area contributed by atoms with Crippen molar-refractivity contribution >= 4 is 29.0 Å². The van der Waals surface area contributed by atoms with Gasteiger partial charge in [0, 0.05) is 0 Å². The van der Waals surface area contributed by atoms with Crippen LogP contribution >= 0.6 is 11.6 Å². The second-order valence-electron chi connectivity index (χ2n) is 3.78. The van der Waals surface area contributed by atoms with Crippen molar-refractivity contribution in [3.8, 4) is 0 Å². The van der Waals surface area contributed by atoms with Gasteiger partial charge >= 0.3 is 0 Å². The summed E-state index contributed by atoms with van der Waals surface area (Å²) in [6.45, 7) is 1.91. The molecule has 0 saturated heterocycles. The van der Waals surface area contributed by atoms with Crippen LogP contribution in [0.2, 0.25) is 5.02 Å². The Labute approximate surface area is 109 Å². The van der Waals surface area contributed by atoms with Gasteiger partial charge in [-0.05, 0) is 36.8 Å². The first-order valence-corrected chi connectivity index (χ1v) is 5.61. The molecule has 0 aliphatic carbocycles. The van der Waals surface area contributed by atoms with Crippen molar-refractivity contribution in [2.24, 2.45) is 0 Å². The number of carbonyl (C=O) groups is 1. The highest BCUT2D eigenvalue weighted by Crippen LogP contribution is 2.23. The Morgan fingerprint density at radius 3 is 2.72 bits per heavy atom. The van der Waals surface area contributed by atoms with Crippen molar-refractivity contribution in [2.75, 3.05) is 11.1 Å². The highest BCUT2D eigenvalue weighted by molar-refractivity contribution is 6.33. The van der Waals surface area contributed by atoms with Crippen molar-refractivity contribution in [1.29, 1.82) is 0 Å². The van der Waals surface area contributed by atoms with Gasteiger partial charge in [0.2, 0.25) is 0 Å². The SMILES string of the molecule is Cc1ccc(Cl)c(NC(=O)c2ccc(N)nn2)c1. The largest absolute Gasteiger partial charge is 0.382 e. The van der Waals surface area contributed by atoms with Gasteiger partial charge in [0.15, 0.2) is 5.69 Å². The van der Waals surface area contributed by atoms with Crippen molar-refractivity contribution in [3.05, 3.63) is 46.6 Å². The van der Waals surface area contributed by atoms with Gasteiger partial charge < -0.3 is 11.1 Å². The lowest BCUT2D eigenvalue weighted by Crippen LogP contribution is -2.15. The molecule has 2 rings (SSSR count). The number of amides is 1. The number of nitrogens with one attached hydrogen (secondary N) is 1. The summed E-state index contributed by atoms with van der Waals surface area (Å²) >= 11 is 5.98. The third-order valence-electron chi connectivity index (χ3n) is 2.29. The monoisotopic (exact) mass is 262 g/mol. The lowest BCUT2D eigenvalue weighted by atomic mass is 10.2. The Morgan fingerprint density at radius 2 is 2.06 bits per heavy atom. The molecule has 0 atom stereocenters. The summed E-state index contributed by atoms with van der Waals surface area (Å²) in [7, 11) is 0. The third-order valence-corrected chi connectivity index (χ3v) is 2.62. The molecule has 2 aromatic rings. The van der Waals surface area contributed by atoms with Gasteiger partial charge in [-0.3, -0.25) is 4.79 Å². The average Bonchev–Trinajstić information content (AvgIpc) is 2.34. The van der Waals surface area contributed by atoms with Gasteiger partial charge in [-0.1, -0.05) is 17.7 Å². The lowest BCUT2D eigenvalue weighted by Gasteiger charge is -2.07. The molecule has 1 aromatic carbocycles. The first-order valence-electron chi connectivity index (χ1n) is 5.23. The minimum Gasteiger partial charge on any atom is -0.382 e. The molecule has 0 saturated carbocycles. The smallest absolute Gasteiger partial charge is 0.276 e. The maximum Gasteiger partial charge on any atom is 0.276 e. The molecule has 1 amide bonds. The molecule has 0 unspecified atom stereocenters. The summed E-state index contributed by atoms with van der Waals surface area (Å²) in [6.07, 6.45) is 0. The number of nitrogens with zero attached hydrogens (tertiary/aromatic N) is 2. The van der Waals surface area contributed by atoms with E-state index in [0.717, 1.165) is 5.56 Å². The number of hydrogen-bond donors (Lipinski definition) is 2. The van der Waals surface area contributed by atoms with Crippen molar-refractivity contribution in [2.45, 2.75) is 6.92 Å². The first kappa shape index (κ1) is 12.3. The van der Waals surface area contributed by atoms with E-state index in [9.17, 15) is 4.79 Å². The van der Waals surface area contributed by atoms with E-state index in [1.165, 1.54) is 12.1 Å². The molecular weight excluding hydrogens is 252 g/mol. The predicted molar refractivity (Wildman–Crippen MR) is 70.6 cm³/mol. The fourth-order valence-corrected chi connectivity index (χ4v) is 1.55. The van der Waals surface area contributed by atoms with Crippen LogP contribution in [-0.4, -0.2) is 16.1 Å². The number of aryl methyl sites for hydroxylation is 1. The van der Waals surface area contributed by atoms with E-state index < -0.39 is 0 Å². The number of hydrogen-bond acceptors (Lipinski definition) is 4. The fraction of sp³-hybridized carbons (Fsp3) is 0.0833. The molecule has 92 valence electrons. The Kier molecular flexibility index (Phi) is 3.43. The molecule has 0 aliphatic heterocycles. The van der Waals surface area contributed by atoms with Gasteiger partial charge in [0.1, 0.15) is 5.82 Å². The zero-order valence-corrected chi connectivity index (χ0v) is 10.4. The van der Waals surface area contributed by atoms with E-state index in [-0.39, 0.29) is 17.4 Å². The Bertz CT molecular complexity index is 583. The summed E-state index contributed by atoms with van der Waals surface area (Å²) in [4.78, 5) is 11.9. The Hall–Kier alpha value is -2.14. The van der Waals surface area contributed by atoms with Crippen LogP contribution in [0.1, 0.15) is 16.1 Å². The summed E-state index contributed by atoms with van der Waals surface area (Å²) < 4.78 is 0. The Balaban J connectivity index is 2.21. The van der Waals surface area contributed by atoms with E-state index in [2.05, 4.69) is 15.5 Å². The molecule has 6 heteroatoms. The van der Waals surface area contributed by atoms with E-state index in [4.69, 9.17) is 17.3 Å². The number of carbonyl (C=O) groups excluding carboxylic acids is 1. The summed E-state index contributed by atoms with van der Waals surface area (Å²) in [5.41, 5.74) is 7.12. The van der Waals surface area contributed by atoms with E-state index in [1.807, 2.05) is 13.0 Å². The van der Waals surface area contributed by atoms with E-state index in [1.54, 1.807) is 12.1 Å². The van der Waals surface area contributed by atoms with Crippen LogP contribution in [0.25, 0.3) is 0 Å². The van der Waals surface area contributed by atoms with Gasteiger partial charge in [-0.2, -0.15) is 0 Å². The van der Waals surface area contributed by atoms with Crippen LogP contribution in [-0.2, 0) is 0 Å². The van der Waals surface area contributed by atoms with Gasteiger partial charge in [0.25, 0.3) is 5.91 Å². The maximum atomic E-state index is 11.9. The Morgan fingerprint density at radius 1 is 1.28 bits per heavy atom. The highest BCUT2D eigenvalue weighted by atomic mass is 35.5. The number of halogens is 1. The quantitative estimate of drug-likeness (QED) is 0.870. The molecule has 5 nitrogen and oxygen atoms in total. The molecule has 18 heavy (non-hydrogen) atoms. The number of rotatable bonds is 2. The molecule has 0 fully saturated rings. The fourth-order valence-electron chi connectivity index (χ4n) is 1.38. The normalized spacial score (nSPS) is 10.1. The molecule has 0 bridgehead atoms. The number of nitrogen functional groups attached to an aromatic ring is 1. The zero-order valence-electron chi connectivity index (χ0n) is 9.64. The maximum absolute atomic E-state index is 11.9. The number of aromatic nitrogens is 2. The predicted octanol–water partition coefficient (Wildman–Crippen LogP) is 2.27. The third kappa shape index (κ3) is 2.75. The number of nitrogens with two attached hydrogens (primary N) is 1. The van der Waals surface area contributed by atoms with E-state index in [0.29, 0.717) is 10.7 Å². The zero-order chi connectivity index (χ0) is 13.1. The summed E-state index contributed by atoms with van der Waals surface area (Å²) in [5.74, 6) is -0.116. The highest BCUT2D eigenvalue weighted by Gasteiger charge is 2.10. The topological polar surface area (TPSA) is 80.9 Å². The van der Waals surface area contributed by atoms with Crippen molar-refractivity contribution in [1.82, 2.24) is 10.2 Å². The standard InChI is InChI=1S/C12H11ClN4O/c1-7-2-3-8(13)10(6-7)15-12(18)9-4-5-11(14)17-16-9/h2-6H,1H3,(H2,14,17)(H,15,18). The minimum absolute atomic E-state index is 0.182. The average molecular weight is 263 g/mol. The molecule has 0 radical (unpaired) electrons. The molecule has 1 aromatic heterocycles. The van der Waals surface area contributed by atoms with Crippen LogP contribution in [0.15, 0.2) is 30.3 Å². The van der Waals surface area contributed by atoms with E-state index >= 15 is 0 Å². The van der Waals surface area contributed by atoms with Crippen LogP contribution in [0.5, 0.6) is 0 Å². The second kappa shape index (κ2) is 5.01. The number of anilines is 2. The molecular formula is C12H11ClN4O. The molecule has 1 heterocycles. The van der Waals surface area contributed by atoms with Crippen LogP contribution in [0, 0.1) is 6.92 Å². The molecule has 3 N–H and O–H groups in total. The molecule has 0 spiro atoms. The van der Waals surface area contributed by atoms with Crippen molar-refractivity contribution < 1.29 is 4.79 Å². The summed E-state index contributed by atoms with van der Waals surface area (Å²) in [5, 5.41) is 10.5. The van der Waals surface area contributed by atoms with Gasteiger partial charge in [-0.15, -0.1) is 10.2 Å². The van der Waals surface area contributed by atoms with Gasteiger partial charge in [-0.25, -0.2) is 0 Å². The molecule has 0 aliphatic rings. The van der Waals surface area contributed by atoms with Crippen LogP contribution in [0.3, 0.4) is 0 Å². The minimum atomic E-state index is -0.380. The van der Waals surface area contributed by atoms with Crippen LogP contribution < -0.4 is 11.1 Å². The number of benzene rings is 1. The second-order valence-corrected chi connectivity index (χ2v) is 4.19. The van der Waals surface area contributed by atoms with Crippen molar-refractivity contribution in [3.63, 3.8) is 0 Å². The lowest BCUT2D eigenvalue weighted by molar-refractivity contribution is 0.102. The van der Waals surface area contributed by atoms with Gasteiger partial charge in [0.05, 0.1) is 10.7 Å². The summed E-state index contributed by atoms with van der Waals surface area (Å²) in [6, 6.07) is 8.38. The first-order chi connectivity index (χ1) is 8.56. The van der Waals surface area contributed by atoms with Crippen LogP contribution in [0.4, 0.5) is 11.5 Å².